The van der Waals surface area contributed by atoms with Crippen LogP contribution in [0, 0.1) is 0 Å². The molecule has 4 nitrogen and oxygen atoms in total. The number of furan rings is 1. The van der Waals surface area contributed by atoms with E-state index in [2.05, 4.69) is 24.4 Å². The van der Waals surface area contributed by atoms with Gasteiger partial charge in [-0.05, 0) is 35.7 Å². The average Bonchev–Trinajstić information content (AvgIpc) is 3.19. The molecule has 112 valence electrons. The highest BCUT2D eigenvalue weighted by atomic mass is 16.5. The molecule has 0 amide bonds. The van der Waals surface area contributed by atoms with Gasteiger partial charge in [0.25, 0.3) is 0 Å². The van der Waals surface area contributed by atoms with Gasteiger partial charge in [-0.3, -0.25) is 5.32 Å². The van der Waals surface area contributed by atoms with Crippen LogP contribution < -0.4 is 10.1 Å². The summed E-state index contributed by atoms with van der Waals surface area (Å²) < 4.78 is 11.0. The predicted octanol–water partition coefficient (Wildman–Crippen LogP) is 2.99. The Morgan fingerprint density at radius 1 is 1.29 bits per heavy atom. The molecular formula is C17H21NO3. The smallest absolute Gasteiger partial charge is 0.123 e. The molecule has 0 bridgehead atoms. The zero-order valence-electron chi connectivity index (χ0n) is 12.2. The van der Waals surface area contributed by atoms with Gasteiger partial charge in [0.05, 0.1) is 25.5 Å². The Hall–Kier alpha value is -1.78. The third kappa shape index (κ3) is 2.96. The van der Waals surface area contributed by atoms with Crippen molar-refractivity contribution in [3.05, 3.63) is 53.5 Å². The molecule has 2 aromatic rings. The molecule has 0 spiro atoms. The lowest BCUT2D eigenvalue weighted by atomic mass is 9.99. The highest BCUT2D eigenvalue weighted by Crippen LogP contribution is 2.30. The molecule has 21 heavy (non-hydrogen) atoms. The van der Waals surface area contributed by atoms with E-state index < -0.39 is 0 Å². The molecular weight excluding hydrogens is 266 g/mol. The van der Waals surface area contributed by atoms with Crippen LogP contribution >= 0.6 is 0 Å². The fourth-order valence-electron chi connectivity index (χ4n) is 2.83. The summed E-state index contributed by atoms with van der Waals surface area (Å²) >= 11 is 0. The third-order valence-corrected chi connectivity index (χ3v) is 4.00. The lowest BCUT2D eigenvalue weighted by molar-refractivity contribution is 0.213. The van der Waals surface area contributed by atoms with Crippen LogP contribution in [0.25, 0.3) is 0 Å². The number of hydrogen-bond donors (Lipinski definition) is 2. The topological polar surface area (TPSA) is 54.6 Å². The summed E-state index contributed by atoms with van der Waals surface area (Å²) in [5.74, 6) is 1.76. The Kier molecular flexibility index (Phi) is 4.27. The molecule has 0 aliphatic carbocycles. The molecule has 2 atom stereocenters. The molecule has 1 aromatic carbocycles. The first kappa shape index (κ1) is 14.2. The van der Waals surface area contributed by atoms with Crippen LogP contribution in [0.15, 0.2) is 41.0 Å². The van der Waals surface area contributed by atoms with Gasteiger partial charge in [-0.1, -0.05) is 19.1 Å². The molecule has 2 unspecified atom stereocenters. The van der Waals surface area contributed by atoms with Crippen LogP contribution in [-0.4, -0.2) is 18.3 Å². The number of aliphatic hydroxyl groups is 1. The monoisotopic (exact) mass is 287 g/mol. The van der Waals surface area contributed by atoms with Gasteiger partial charge in [-0.15, -0.1) is 0 Å². The van der Waals surface area contributed by atoms with Crippen molar-refractivity contribution in [3.8, 4) is 5.75 Å². The van der Waals surface area contributed by atoms with Crippen molar-refractivity contribution in [1.82, 2.24) is 5.32 Å². The van der Waals surface area contributed by atoms with Crippen molar-refractivity contribution >= 4 is 0 Å². The van der Waals surface area contributed by atoms with E-state index in [-0.39, 0.29) is 18.7 Å². The molecule has 1 aromatic heterocycles. The molecule has 0 saturated carbocycles. The number of nitrogens with one attached hydrogen (secondary N) is 1. The normalized spacial score (nSPS) is 16.3. The maximum atomic E-state index is 9.60. The molecule has 2 heterocycles. The second-order valence-electron chi connectivity index (χ2n) is 5.34. The van der Waals surface area contributed by atoms with E-state index in [1.54, 1.807) is 6.26 Å². The van der Waals surface area contributed by atoms with E-state index in [4.69, 9.17) is 9.15 Å². The van der Waals surface area contributed by atoms with E-state index in [0.29, 0.717) is 0 Å². The van der Waals surface area contributed by atoms with Gasteiger partial charge in [-0.2, -0.15) is 0 Å². The molecule has 1 aliphatic rings. The summed E-state index contributed by atoms with van der Waals surface area (Å²) in [5, 5.41) is 13.1. The number of rotatable bonds is 6. The van der Waals surface area contributed by atoms with Crippen molar-refractivity contribution in [2.45, 2.75) is 31.8 Å². The van der Waals surface area contributed by atoms with E-state index in [1.165, 1.54) is 11.1 Å². The molecule has 0 radical (unpaired) electrons. The third-order valence-electron chi connectivity index (χ3n) is 4.00. The SMILES string of the molecule is CCC(NC(CO)c1ccco1)c1ccc2c(c1)CCO2. The minimum absolute atomic E-state index is 0.0120. The number of benzene rings is 1. The van der Waals surface area contributed by atoms with Crippen LogP contribution in [0.1, 0.15) is 42.3 Å². The predicted molar refractivity (Wildman–Crippen MR) is 80.3 cm³/mol. The molecule has 0 fully saturated rings. The Morgan fingerprint density at radius 3 is 2.90 bits per heavy atom. The van der Waals surface area contributed by atoms with E-state index in [0.717, 1.165) is 31.0 Å². The first-order valence-corrected chi connectivity index (χ1v) is 7.47. The second-order valence-corrected chi connectivity index (χ2v) is 5.34. The maximum absolute atomic E-state index is 9.60. The number of ether oxygens (including phenoxy) is 1. The zero-order valence-corrected chi connectivity index (χ0v) is 12.2. The lowest BCUT2D eigenvalue weighted by Crippen LogP contribution is -2.28. The minimum Gasteiger partial charge on any atom is -0.493 e. The number of fused-ring (bicyclic) bond motifs is 1. The Morgan fingerprint density at radius 2 is 2.19 bits per heavy atom. The fourth-order valence-corrected chi connectivity index (χ4v) is 2.83. The fraction of sp³-hybridized carbons (Fsp3) is 0.412. The first-order chi connectivity index (χ1) is 10.3. The highest BCUT2D eigenvalue weighted by Gasteiger charge is 2.20. The highest BCUT2D eigenvalue weighted by molar-refractivity contribution is 5.40. The van der Waals surface area contributed by atoms with Crippen LogP contribution in [-0.2, 0) is 6.42 Å². The summed E-state index contributed by atoms with van der Waals surface area (Å²) in [4.78, 5) is 0. The number of hydrogen-bond acceptors (Lipinski definition) is 4. The summed E-state index contributed by atoms with van der Waals surface area (Å²) in [6, 6.07) is 10.1. The van der Waals surface area contributed by atoms with Gasteiger partial charge in [-0.25, -0.2) is 0 Å². The van der Waals surface area contributed by atoms with Crippen molar-refractivity contribution in [1.29, 1.82) is 0 Å². The van der Waals surface area contributed by atoms with Crippen LogP contribution in [0.3, 0.4) is 0 Å². The minimum atomic E-state index is -0.186. The van der Waals surface area contributed by atoms with Gasteiger partial charge in [0.15, 0.2) is 0 Å². The zero-order chi connectivity index (χ0) is 14.7. The number of aliphatic hydroxyl groups excluding tert-OH is 1. The van der Waals surface area contributed by atoms with E-state index in [9.17, 15) is 5.11 Å². The van der Waals surface area contributed by atoms with Crippen molar-refractivity contribution in [2.24, 2.45) is 0 Å². The van der Waals surface area contributed by atoms with Crippen LogP contribution in [0.5, 0.6) is 5.75 Å². The molecule has 1 aliphatic heterocycles. The Bertz CT molecular complexity index is 580. The largest absolute Gasteiger partial charge is 0.493 e. The van der Waals surface area contributed by atoms with Crippen LogP contribution in [0.2, 0.25) is 0 Å². The lowest BCUT2D eigenvalue weighted by Gasteiger charge is -2.23. The Balaban J connectivity index is 1.78. The summed E-state index contributed by atoms with van der Waals surface area (Å²) in [7, 11) is 0. The summed E-state index contributed by atoms with van der Waals surface area (Å²) in [5.41, 5.74) is 2.50. The summed E-state index contributed by atoms with van der Waals surface area (Å²) in [6.07, 6.45) is 3.55. The average molecular weight is 287 g/mol. The van der Waals surface area contributed by atoms with Gasteiger partial charge in [0.2, 0.25) is 0 Å². The van der Waals surface area contributed by atoms with Gasteiger partial charge < -0.3 is 14.3 Å². The Labute approximate surface area is 124 Å². The van der Waals surface area contributed by atoms with Crippen molar-refractivity contribution < 1.29 is 14.3 Å². The quantitative estimate of drug-likeness (QED) is 0.857. The summed E-state index contributed by atoms with van der Waals surface area (Å²) in [6.45, 7) is 2.92. The van der Waals surface area contributed by atoms with E-state index >= 15 is 0 Å². The molecule has 0 saturated heterocycles. The maximum Gasteiger partial charge on any atom is 0.123 e. The van der Waals surface area contributed by atoms with Gasteiger partial charge >= 0.3 is 0 Å². The molecule has 3 rings (SSSR count). The first-order valence-electron chi connectivity index (χ1n) is 7.47. The second kappa shape index (κ2) is 6.33. The van der Waals surface area contributed by atoms with Crippen molar-refractivity contribution in [3.63, 3.8) is 0 Å². The van der Waals surface area contributed by atoms with E-state index in [1.807, 2.05) is 18.2 Å². The van der Waals surface area contributed by atoms with Gasteiger partial charge in [0, 0.05) is 12.5 Å². The molecule has 2 N–H and O–H groups in total. The van der Waals surface area contributed by atoms with Crippen molar-refractivity contribution in [2.75, 3.05) is 13.2 Å². The van der Waals surface area contributed by atoms with Crippen LogP contribution in [0.4, 0.5) is 0 Å². The molecule has 4 heteroatoms. The van der Waals surface area contributed by atoms with Gasteiger partial charge in [0.1, 0.15) is 11.5 Å². The standard InChI is InChI=1S/C17H21NO3/c1-2-14(18-15(11-19)17-4-3-8-20-17)12-5-6-16-13(10-12)7-9-21-16/h3-6,8,10,14-15,18-19H,2,7,9,11H2,1H3.